The van der Waals surface area contributed by atoms with Gasteiger partial charge in [-0.15, -0.1) is 0 Å². The van der Waals surface area contributed by atoms with Crippen molar-refractivity contribution in [1.82, 2.24) is 4.98 Å². The minimum Gasteiger partial charge on any atom is -0.367 e. The zero-order valence-electron chi connectivity index (χ0n) is 12.2. The summed E-state index contributed by atoms with van der Waals surface area (Å²) in [6, 6.07) is 8.30. The van der Waals surface area contributed by atoms with Gasteiger partial charge in [0, 0.05) is 44.5 Å². The number of benzene rings is 1. The summed E-state index contributed by atoms with van der Waals surface area (Å²) < 4.78 is 0. The Labute approximate surface area is 143 Å². The maximum atomic E-state index is 10.8. The molecule has 0 bridgehead atoms. The molecule has 0 spiro atoms. The Morgan fingerprint density at radius 2 is 1.74 bits per heavy atom. The SMILES string of the molecule is O=[N+]([O-])c1ccc(N2CCN(c3ccc(Cl)cn3)CC2)c(Cl)c1. The number of nitro groups is 1. The average Bonchev–Trinajstić information content (AvgIpc) is 2.56. The number of anilines is 2. The number of halogens is 2. The maximum absolute atomic E-state index is 10.8. The number of hydrogen-bond donors (Lipinski definition) is 0. The van der Waals surface area contributed by atoms with Crippen LogP contribution in [0.3, 0.4) is 0 Å². The number of hydrogen-bond acceptors (Lipinski definition) is 5. The van der Waals surface area contributed by atoms with E-state index in [2.05, 4.69) is 14.8 Å². The molecule has 23 heavy (non-hydrogen) atoms. The molecule has 1 aromatic carbocycles. The van der Waals surface area contributed by atoms with E-state index in [4.69, 9.17) is 23.2 Å². The van der Waals surface area contributed by atoms with Crippen molar-refractivity contribution < 1.29 is 4.92 Å². The lowest BCUT2D eigenvalue weighted by atomic mass is 10.2. The lowest BCUT2D eigenvalue weighted by molar-refractivity contribution is -0.384. The van der Waals surface area contributed by atoms with E-state index in [1.807, 2.05) is 12.1 Å². The fourth-order valence-corrected chi connectivity index (χ4v) is 3.00. The van der Waals surface area contributed by atoms with Crippen LogP contribution >= 0.6 is 23.2 Å². The van der Waals surface area contributed by atoms with Gasteiger partial charge in [0.1, 0.15) is 5.82 Å². The lowest BCUT2D eigenvalue weighted by Gasteiger charge is -2.37. The Hall–Kier alpha value is -2.05. The van der Waals surface area contributed by atoms with Gasteiger partial charge in [0.2, 0.25) is 0 Å². The minimum absolute atomic E-state index is 0.00255. The Morgan fingerprint density at radius 1 is 1.04 bits per heavy atom. The van der Waals surface area contributed by atoms with Crippen LogP contribution in [0.5, 0.6) is 0 Å². The number of pyridine rings is 1. The Balaban J connectivity index is 1.69. The summed E-state index contributed by atoms with van der Waals surface area (Å²) >= 11 is 12.0. The molecule has 0 unspecified atom stereocenters. The zero-order chi connectivity index (χ0) is 16.4. The smallest absolute Gasteiger partial charge is 0.271 e. The van der Waals surface area contributed by atoms with Crippen LogP contribution in [0.1, 0.15) is 0 Å². The maximum Gasteiger partial charge on any atom is 0.271 e. The Morgan fingerprint density at radius 3 is 2.30 bits per heavy atom. The number of non-ortho nitro benzene ring substituents is 1. The van der Waals surface area contributed by atoms with Crippen LogP contribution < -0.4 is 9.80 Å². The molecule has 0 N–H and O–H groups in total. The van der Waals surface area contributed by atoms with Gasteiger partial charge in [0.25, 0.3) is 5.69 Å². The van der Waals surface area contributed by atoms with Crippen molar-refractivity contribution >= 4 is 40.4 Å². The third kappa shape index (κ3) is 3.48. The molecule has 8 heteroatoms. The van der Waals surface area contributed by atoms with Crippen LogP contribution in [0.4, 0.5) is 17.2 Å². The second-order valence-electron chi connectivity index (χ2n) is 5.20. The summed E-state index contributed by atoms with van der Waals surface area (Å²) in [6.45, 7) is 3.12. The van der Waals surface area contributed by atoms with E-state index in [0.717, 1.165) is 37.7 Å². The summed E-state index contributed by atoms with van der Waals surface area (Å²) in [4.78, 5) is 18.9. The molecular formula is C15H14Cl2N4O2. The second kappa shape index (κ2) is 6.60. The van der Waals surface area contributed by atoms with Crippen molar-refractivity contribution in [3.05, 3.63) is 56.7 Å². The van der Waals surface area contributed by atoms with Crippen LogP contribution in [0.2, 0.25) is 10.0 Å². The highest BCUT2D eigenvalue weighted by atomic mass is 35.5. The van der Waals surface area contributed by atoms with E-state index in [-0.39, 0.29) is 5.69 Å². The van der Waals surface area contributed by atoms with Crippen molar-refractivity contribution in [2.24, 2.45) is 0 Å². The molecule has 3 rings (SSSR count). The topological polar surface area (TPSA) is 62.5 Å². The summed E-state index contributed by atoms with van der Waals surface area (Å²) in [5.41, 5.74) is 0.823. The minimum atomic E-state index is -0.445. The van der Waals surface area contributed by atoms with E-state index < -0.39 is 4.92 Å². The second-order valence-corrected chi connectivity index (χ2v) is 6.05. The quantitative estimate of drug-likeness (QED) is 0.623. The van der Waals surface area contributed by atoms with E-state index in [1.165, 1.54) is 12.1 Å². The normalized spacial score (nSPS) is 14.9. The number of nitrogens with zero attached hydrogens (tertiary/aromatic N) is 4. The number of aromatic nitrogens is 1. The van der Waals surface area contributed by atoms with Crippen molar-refractivity contribution in [3.8, 4) is 0 Å². The number of rotatable bonds is 3. The van der Waals surface area contributed by atoms with Crippen LogP contribution in [-0.4, -0.2) is 36.1 Å². The summed E-state index contributed by atoms with van der Waals surface area (Å²) in [5.74, 6) is 0.892. The third-order valence-corrected chi connectivity index (χ3v) is 4.32. The first-order valence-electron chi connectivity index (χ1n) is 7.10. The Kier molecular flexibility index (Phi) is 4.54. The highest BCUT2D eigenvalue weighted by molar-refractivity contribution is 6.33. The monoisotopic (exact) mass is 352 g/mol. The van der Waals surface area contributed by atoms with Gasteiger partial charge in [0.05, 0.1) is 20.7 Å². The molecule has 6 nitrogen and oxygen atoms in total. The van der Waals surface area contributed by atoms with Gasteiger partial charge in [-0.3, -0.25) is 10.1 Å². The first kappa shape index (κ1) is 15.8. The van der Waals surface area contributed by atoms with Crippen LogP contribution in [0.25, 0.3) is 0 Å². The van der Waals surface area contributed by atoms with Crippen molar-refractivity contribution in [3.63, 3.8) is 0 Å². The number of piperazine rings is 1. The van der Waals surface area contributed by atoms with E-state index >= 15 is 0 Å². The van der Waals surface area contributed by atoms with E-state index in [0.29, 0.717) is 10.0 Å². The van der Waals surface area contributed by atoms with Crippen LogP contribution in [0.15, 0.2) is 36.5 Å². The van der Waals surface area contributed by atoms with Gasteiger partial charge in [-0.2, -0.15) is 0 Å². The predicted molar refractivity (Wildman–Crippen MR) is 91.8 cm³/mol. The summed E-state index contributed by atoms with van der Waals surface area (Å²) in [5, 5.41) is 11.8. The first-order chi connectivity index (χ1) is 11.0. The molecule has 1 fully saturated rings. The van der Waals surface area contributed by atoms with E-state index in [9.17, 15) is 10.1 Å². The third-order valence-electron chi connectivity index (χ3n) is 3.80. The molecule has 0 aliphatic carbocycles. The van der Waals surface area contributed by atoms with E-state index in [1.54, 1.807) is 12.3 Å². The Bertz CT molecular complexity index is 716. The van der Waals surface area contributed by atoms with Crippen molar-refractivity contribution in [1.29, 1.82) is 0 Å². The average molecular weight is 353 g/mol. The van der Waals surface area contributed by atoms with Gasteiger partial charge in [-0.05, 0) is 18.2 Å². The summed E-state index contributed by atoms with van der Waals surface area (Å²) in [7, 11) is 0. The molecule has 120 valence electrons. The zero-order valence-corrected chi connectivity index (χ0v) is 13.7. The molecule has 1 aliphatic heterocycles. The number of nitro benzene ring substituents is 1. The molecule has 0 saturated carbocycles. The molecule has 1 aromatic heterocycles. The highest BCUT2D eigenvalue weighted by Crippen LogP contribution is 2.30. The molecule has 2 aromatic rings. The van der Waals surface area contributed by atoms with Crippen LogP contribution in [0, 0.1) is 10.1 Å². The molecule has 0 atom stereocenters. The standard InChI is InChI=1S/C15H14Cl2N4O2/c16-11-1-4-15(18-10-11)20-7-5-19(6-8-20)14-3-2-12(21(22)23)9-13(14)17/h1-4,9-10H,5-8H2. The summed E-state index contributed by atoms with van der Waals surface area (Å²) in [6.07, 6.45) is 1.64. The fraction of sp³-hybridized carbons (Fsp3) is 0.267. The molecule has 2 heterocycles. The molecule has 0 amide bonds. The fourth-order valence-electron chi connectivity index (χ4n) is 2.60. The van der Waals surface area contributed by atoms with Gasteiger partial charge in [-0.1, -0.05) is 23.2 Å². The van der Waals surface area contributed by atoms with Gasteiger partial charge >= 0.3 is 0 Å². The predicted octanol–water partition coefficient (Wildman–Crippen LogP) is 3.62. The molecule has 1 saturated heterocycles. The van der Waals surface area contributed by atoms with Crippen LogP contribution in [-0.2, 0) is 0 Å². The molecular weight excluding hydrogens is 339 g/mol. The van der Waals surface area contributed by atoms with Gasteiger partial charge in [0.15, 0.2) is 0 Å². The highest BCUT2D eigenvalue weighted by Gasteiger charge is 2.21. The lowest BCUT2D eigenvalue weighted by Crippen LogP contribution is -2.46. The molecule has 0 radical (unpaired) electrons. The van der Waals surface area contributed by atoms with Crippen molar-refractivity contribution in [2.75, 3.05) is 36.0 Å². The largest absolute Gasteiger partial charge is 0.367 e. The van der Waals surface area contributed by atoms with Gasteiger partial charge in [-0.25, -0.2) is 4.98 Å². The van der Waals surface area contributed by atoms with Crippen molar-refractivity contribution in [2.45, 2.75) is 0 Å². The van der Waals surface area contributed by atoms with Gasteiger partial charge < -0.3 is 9.80 Å². The molecule has 1 aliphatic rings. The first-order valence-corrected chi connectivity index (χ1v) is 7.85.